The van der Waals surface area contributed by atoms with E-state index in [1.807, 2.05) is 17.9 Å². The number of hydrogen-bond donors (Lipinski definition) is 1. The van der Waals surface area contributed by atoms with E-state index in [-0.39, 0.29) is 26.0 Å². The molecule has 11 heteroatoms. The van der Waals surface area contributed by atoms with Crippen molar-refractivity contribution in [3.8, 4) is 0 Å². The number of anilines is 2. The zero-order chi connectivity index (χ0) is 20.9. The second kappa shape index (κ2) is 10.2. The fourth-order valence-electron chi connectivity index (χ4n) is 3.60. The Morgan fingerprint density at radius 3 is 2.90 bits per heavy atom. The molecule has 0 bridgehead atoms. The highest BCUT2D eigenvalue weighted by Gasteiger charge is 2.25. The van der Waals surface area contributed by atoms with Gasteiger partial charge in [0.05, 0.1) is 30.1 Å². The molecule has 0 spiro atoms. The number of nitrogens with one attached hydrogen (secondary N) is 1. The quantitative estimate of drug-likeness (QED) is 0.569. The lowest BCUT2D eigenvalue weighted by molar-refractivity contribution is 0.0590. The molecule has 4 heterocycles. The number of nitrogens with zero attached hydrogens (tertiary/aromatic N) is 7. The third-order valence-electron chi connectivity index (χ3n) is 5.06. The van der Waals surface area contributed by atoms with Crippen molar-refractivity contribution in [1.29, 1.82) is 0 Å². The van der Waals surface area contributed by atoms with Crippen LogP contribution < -0.4 is 5.32 Å². The van der Waals surface area contributed by atoms with Gasteiger partial charge < -0.3 is 19.7 Å². The summed E-state index contributed by atoms with van der Waals surface area (Å²) in [4.78, 5) is 23.0. The number of hydrogen-bond acceptors (Lipinski definition) is 8. The van der Waals surface area contributed by atoms with Gasteiger partial charge in [-0.1, -0.05) is 7.43 Å². The molecule has 11 nitrogen and oxygen atoms in total. The van der Waals surface area contributed by atoms with Gasteiger partial charge in [-0.05, 0) is 18.8 Å². The minimum absolute atomic E-state index is 0. The average Bonchev–Trinajstić information content (AvgIpc) is 3.34. The molecule has 1 N–H and O–H groups in total. The molecular formula is C20H30N8O3. The highest BCUT2D eigenvalue weighted by Crippen LogP contribution is 2.22. The summed E-state index contributed by atoms with van der Waals surface area (Å²) in [7, 11) is 3.44. The summed E-state index contributed by atoms with van der Waals surface area (Å²) in [5.41, 5.74) is 1.58. The predicted octanol–water partition coefficient (Wildman–Crippen LogP) is 2.43. The van der Waals surface area contributed by atoms with E-state index in [1.54, 1.807) is 35.3 Å². The number of ether oxygens (including phenoxy) is 2. The number of aromatic nitrogens is 6. The zero-order valence-electron chi connectivity index (χ0n) is 17.2. The van der Waals surface area contributed by atoms with Crippen LogP contribution in [0.25, 0.3) is 11.0 Å². The second-order valence-corrected chi connectivity index (χ2v) is 7.39. The summed E-state index contributed by atoms with van der Waals surface area (Å²) in [5.74, 6) is 0.769. The highest BCUT2D eigenvalue weighted by molar-refractivity contribution is 5.75. The summed E-state index contributed by atoms with van der Waals surface area (Å²) in [6.07, 6.45) is 8.77. The Morgan fingerprint density at radius 2 is 2.13 bits per heavy atom. The number of rotatable bonds is 7. The first-order valence-corrected chi connectivity index (χ1v) is 9.97. The normalized spacial score (nSPS) is 16.2. The maximum atomic E-state index is 12.2. The molecule has 1 atom stereocenters. The van der Waals surface area contributed by atoms with Crippen molar-refractivity contribution in [3.63, 3.8) is 0 Å². The van der Waals surface area contributed by atoms with Crippen LogP contribution in [0, 0.1) is 5.92 Å². The van der Waals surface area contributed by atoms with Crippen molar-refractivity contribution in [1.82, 2.24) is 34.4 Å². The van der Waals surface area contributed by atoms with Crippen LogP contribution in [0.4, 0.5) is 16.4 Å². The van der Waals surface area contributed by atoms with Gasteiger partial charge in [0.25, 0.3) is 0 Å². The molecular weight excluding hydrogens is 400 g/mol. The van der Waals surface area contributed by atoms with E-state index in [1.165, 1.54) is 0 Å². The lowest BCUT2D eigenvalue weighted by Crippen LogP contribution is -2.41. The third kappa shape index (κ3) is 5.48. The zero-order valence-corrected chi connectivity index (χ0v) is 17.2. The molecule has 3 aromatic rings. The van der Waals surface area contributed by atoms with Gasteiger partial charge in [0, 0.05) is 46.2 Å². The molecule has 0 aliphatic carbocycles. The molecule has 0 radical (unpaired) electrons. The van der Waals surface area contributed by atoms with Gasteiger partial charge in [-0.15, -0.1) is 0 Å². The number of piperidine rings is 1. The summed E-state index contributed by atoms with van der Waals surface area (Å²) in [6, 6.07) is 0. The first kappa shape index (κ1) is 22.5. The molecule has 1 amide bonds. The van der Waals surface area contributed by atoms with Gasteiger partial charge in [-0.3, -0.25) is 4.68 Å². The molecule has 1 fully saturated rings. The van der Waals surface area contributed by atoms with Gasteiger partial charge in [0.15, 0.2) is 5.65 Å². The standard InChI is InChI=1S/C19H26N8O3.CH4/c1-25-13-16(10-21-25)23-18-20-8-15-9-22-27(17(15)24-18)12-14-4-3-5-26(11-14)19(28)30-7-6-29-2;/h8-10,13-14H,3-7,11-12H2,1-2H3,(H,20,23,24);1H4. The molecule has 1 aliphatic rings. The Morgan fingerprint density at radius 1 is 1.26 bits per heavy atom. The first-order valence-electron chi connectivity index (χ1n) is 9.97. The minimum Gasteiger partial charge on any atom is -0.447 e. The molecule has 0 aromatic carbocycles. The molecule has 31 heavy (non-hydrogen) atoms. The number of amides is 1. The minimum atomic E-state index is -0.285. The molecule has 4 rings (SSSR count). The topological polar surface area (TPSA) is 112 Å². The first-order chi connectivity index (χ1) is 14.6. The Kier molecular flexibility index (Phi) is 7.40. The monoisotopic (exact) mass is 430 g/mol. The van der Waals surface area contributed by atoms with E-state index in [2.05, 4.69) is 25.5 Å². The maximum Gasteiger partial charge on any atom is 0.409 e. The Labute approximate surface area is 181 Å². The smallest absolute Gasteiger partial charge is 0.409 e. The largest absolute Gasteiger partial charge is 0.447 e. The molecule has 3 aromatic heterocycles. The summed E-state index contributed by atoms with van der Waals surface area (Å²) >= 11 is 0. The summed E-state index contributed by atoms with van der Waals surface area (Å²) in [6.45, 7) is 2.69. The van der Waals surface area contributed by atoms with Crippen molar-refractivity contribution < 1.29 is 14.3 Å². The summed E-state index contributed by atoms with van der Waals surface area (Å²) < 4.78 is 13.8. The van der Waals surface area contributed by atoms with Crippen molar-refractivity contribution in [2.75, 3.05) is 38.7 Å². The second-order valence-electron chi connectivity index (χ2n) is 7.39. The number of carbonyl (C=O) groups is 1. The van der Waals surface area contributed by atoms with Gasteiger partial charge in [-0.25, -0.2) is 14.5 Å². The number of aryl methyl sites for hydroxylation is 1. The Balaban J connectivity index is 0.00000272. The Hall–Kier alpha value is -3.21. The van der Waals surface area contributed by atoms with Gasteiger partial charge >= 0.3 is 6.09 Å². The predicted molar refractivity (Wildman–Crippen MR) is 116 cm³/mol. The SMILES string of the molecule is C.COCCOC(=O)N1CCCC(Cn2ncc3cnc(Nc4cnn(C)c4)nc32)C1. The number of methoxy groups -OCH3 is 1. The lowest BCUT2D eigenvalue weighted by Gasteiger charge is -2.32. The fourth-order valence-corrected chi connectivity index (χ4v) is 3.60. The number of carbonyl (C=O) groups excluding carboxylic acids is 1. The summed E-state index contributed by atoms with van der Waals surface area (Å²) in [5, 5.41) is 12.7. The van der Waals surface area contributed by atoms with Gasteiger partial charge in [0.1, 0.15) is 6.61 Å². The van der Waals surface area contributed by atoms with E-state index in [0.717, 1.165) is 29.6 Å². The van der Waals surface area contributed by atoms with Crippen LogP contribution in [0.2, 0.25) is 0 Å². The van der Waals surface area contributed by atoms with Crippen LogP contribution >= 0.6 is 0 Å². The fraction of sp³-hybridized carbons (Fsp3) is 0.550. The van der Waals surface area contributed by atoms with E-state index in [9.17, 15) is 4.79 Å². The molecule has 1 unspecified atom stereocenters. The van der Waals surface area contributed by atoms with Gasteiger partial charge in [0.2, 0.25) is 5.95 Å². The number of likely N-dealkylation sites (tertiary alicyclic amines) is 1. The van der Waals surface area contributed by atoms with Crippen LogP contribution in [-0.2, 0) is 23.1 Å². The van der Waals surface area contributed by atoms with Crippen LogP contribution in [0.1, 0.15) is 20.3 Å². The maximum absolute atomic E-state index is 12.2. The molecule has 1 aliphatic heterocycles. The lowest BCUT2D eigenvalue weighted by atomic mass is 9.98. The Bertz CT molecular complexity index is 1000. The van der Waals surface area contributed by atoms with E-state index < -0.39 is 0 Å². The van der Waals surface area contributed by atoms with Crippen LogP contribution in [-0.4, -0.2) is 73.9 Å². The highest BCUT2D eigenvalue weighted by atomic mass is 16.6. The molecule has 1 saturated heterocycles. The number of fused-ring (bicyclic) bond motifs is 1. The van der Waals surface area contributed by atoms with Crippen molar-refractivity contribution in [2.45, 2.75) is 26.8 Å². The van der Waals surface area contributed by atoms with E-state index in [0.29, 0.717) is 32.2 Å². The van der Waals surface area contributed by atoms with Crippen molar-refractivity contribution in [3.05, 3.63) is 24.8 Å². The van der Waals surface area contributed by atoms with Crippen LogP contribution in [0.15, 0.2) is 24.8 Å². The third-order valence-corrected chi connectivity index (χ3v) is 5.06. The average molecular weight is 431 g/mol. The van der Waals surface area contributed by atoms with E-state index in [4.69, 9.17) is 9.47 Å². The molecule has 168 valence electrons. The molecule has 0 saturated carbocycles. The van der Waals surface area contributed by atoms with Crippen LogP contribution in [0.3, 0.4) is 0 Å². The van der Waals surface area contributed by atoms with Crippen LogP contribution in [0.5, 0.6) is 0 Å². The van der Waals surface area contributed by atoms with Crippen molar-refractivity contribution >= 4 is 28.8 Å². The van der Waals surface area contributed by atoms with E-state index >= 15 is 0 Å². The van der Waals surface area contributed by atoms with Gasteiger partial charge in [-0.2, -0.15) is 15.2 Å². The van der Waals surface area contributed by atoms with Crippen molar-refractivity contribution in [2.24, 2.45) is 13.0 Å².